The SMILES string of the molecule is CC(=O)Cc1ccc2[nH]c(=O)n(CCC(C)C)c(=O)c2c1. The van der Waals surface area contributed by atoms with Crippen LogP contribution in [0.3, 0.4) is 0 Å². The van der Waals surface area contributed by atoms with Gasteiger partial charge in [0.2, 0.25) is 0 Å². The van der Waals surface area contributed by atoms with E-state index in [0.29, 0.717) is 29.8 Å². The number of nitrogens with zero attached hydrogens (tertiary/aromatic N) is 1. The van der Waals surface area contributed by atoms with E-state index in [0.717, 1.165) is 12.0 Å². The maximum Gasteiger partial charge on any atom is 0.328 e. The van der Waals surface area contributed by atoms with Gasteiger partial charge in [-0.2, -0.15) is 0 Å². The molecule has 0 spiro atoms. The summed E-state index contributed by atoms with van der Waals surface area (Å²) in [6, 6.07) is 5.14. The van der Waals surface area contributed by atoms with Crippen molar-refractivity contribution in [2.75, 3.05) is 0 Å². The van der Waals surface area contributed by atoms with Gasteiger partial charge in [-0.25, -0.2) is 4.79 Å². The quantitative estimate of drug-likeness (QED) is 0.913. The topological polar surface area (TPSA) is 71.9 Å². The second kappa shape index (κ2) is 6.08. The van der Waals surface area contributed by atoms with Gasteiger partial charge < -0.3 is 4.98 Å². The lowest BCUT2D eigenvalue weighted by molar-refractivity contribution is -0.116. The molecule has 2 rings (SSSR count). The molecule has 1 N–H and O–H groups in total. The third-order valence-corrected chi connectivity index (χ3v) is 3.43. The fraction of sp³-hybridized carbons (Fsp3) is 0.438. The van der Waals surface area contributed by atoms with Crippen LogP contribution >= 0.6 is 0 Å². The number of hydrogen-bond acceptors (Lipinski definition) is 3. The fourth-order valence-corrected chi connectivity index (χ4v) is 2.29. The van der Waals surface area contributed by atoms with E-state index in [1.807, 2.05) is 13.8 Å². The first-order valence-electron chi connectivity index (χ1n) is 7.13. The molecule has 0 bridgehead atoms. The molecule has 0 aliphatic carbocycles. The molecule has 0 unspecified atom stereocenters. The minimum Gasteiger partial charge on any atom is -0.307 e. The van der Waals surface area contributed by atoms with Crippen LogP contribution in [0.15, 0.2) is 27.8 Å². The second-order valence-electron chi connectivity index (χ2n) is 5.83. The number of aromatic nitrogens is 2. The first-order valence-corrected chi connectivity index (χ1v) is 7.13. The number of nitrogens with one attached hydrogen (secondary N) is 1. The Labute approximate surface area is 122 Å². The van der Waals surface area contributed by atoms with E-state index in [1.54, 1.807) is 18.2 Å². The van der Waals surface area contributed by atoms with Crippen LogP contribution in [0.25, 0.3) is 10.9 Å². The maximum absolute atomic E-state index is 12.5. The van der Waals surface area contributed by atoms with E-state index < -0.39 is 0 Å². The van der Waals surface area contributed by atoms with Gasteiger partial charge in [-0.15, -0.1) is 0 Å². The molecule has 0 saturated heterocycles. The van der Waals surface area contributed by atoms with Crippen molar-refractivity contribution >= 4 is 16.7 Å². The summed E-state index contributed by atoms with van der Waals surface area (Å²) < 4.78 is 1.24. The number of carbonyl (C=O) groups is 1. The smallest absolute Gasteiger partial charge is 0.307 e. The monoisotopic (exact) mass is 288 g/mol. The molecule has 0 radical (unpaired) electrons. The molecule has 1 aromatic heterocycles. The van der Waals surface area contributed by atoms with E-state index >= 15 is 0 Å². The molecule has 5 nitrogen and oxygen atoms in total. The van der Waals surface area contributed by atoms with Crippen LogP contribution in [-0.4, -0.2) is 15.3 Å². The fourth-order valence-electron chi connectivity index (χ4n) is 2.29. The number of Topliss-reactive ketones (excluding diaryl/α,β-unsaturated/α-hetero) is 1. The van der Waals surface area contributed by atoms with Gasteiger partial charge in [0, 0.05) is 13.0 Å². The number of H-pyrrole nitrogens is 1. The summed E-state index contributed by atoms with van der Waals surface area (Å²) in [5, 5.41) is 0.456. The predicted octanol–water partition coefficient (Wildman–Crippen LogP) is 1.87. The van der Waals surface area contributed by atoms with Crippen molar-refractivity contribution in [1.29, 1.82) is 0 Å². The van der Waals surface area contributed by atoms with Crippen LogP contribution < -0.4 is 11.2 Å². The molecule has 21 heavy (non-hydrogen) atoms. The number of hydrogen-bond donors (Lipinski definition) is 1. The number of ketones is 1. The van der Waals surface area contributed by atoms with E-state index in [2.05, 4.69) is 4.98 Å². The Morgan fingerprint density at radius 1 is 1.29 bits per heavy atom. The van der Waals surface area contributed by atoms with Crippen LogP contribution in [0.1, 0.15) is 32.8 Å². The minimum absolute atomic E-state index is 0.0407. The molecule has 1 heterocycles. The molecule has 0 aliphatic heterocycles. The van der Waals surface area contributed by atoms with Crippen LogP contribution in [0.4, 0.5) is 0 Å². The van der Waals surface area contributed by atoms with Gasteiger partial charge in [0.1, 0.15) is 5.78 Å². The highest BCUT2D eigenvalue weighted by Gasteiger charge is 2.09. The zero-order valence-corrected chi connectivity index (χ0v) is 12.6. The van der Waals surface area contributed by atoms with E-state index in [-0.39, 0.29) is 17.0 Å². The van der Waals surface area contributed by atoms with Gasteiger partial charge in [-0.05, 0) is 37.0 Å². The average molecular weight is 288 g/mol. The molecule has 112 valence electrons. The van der Waals surface area contributed by atoms with Gasteiger partial charge in [-0.1, -0.05) is 19.9 Å². The van der Waals surface area contributed by atoms with Gasteiger partial charge in [0.25, 0.3) is 5.56 Å². The first kappa shape index (κ1) is 15.2. The Bertz CT molecular complexity index is 784. The van der Waals surface area contributed by atoms with Crippen molar-refractivity contribution in [3.63, 3.8) is 0 Å². The Morgan fingerprint density at radius 3 is 2.62 bits per heavy atom. The highest BCUT2D eigenvalue weighted by atomic mass is 16.2. The van der Waals surface area contributed by atoms with E-state index in [4.69, 9.17) is 0 Å². The molecule has 0 aliphatic rings. The summed E-state index contributed by atoms with van der Waals surface area (Å²) in [6.45, 7) is 6.01. The maximum atomic E-state index is 12.5. The Hall–Kier alpha value is -2.17. The summed E-state index contributed by atoms with van der Waals surface area (Å²) in [7, 11) is 0. The predicted molar refractivity (Wildman–Crippen MR) is 82.7 cm³/mol. The van der Waals surface area contributed by atoms with Gasteiger partial charge in [0.05, 0.1) is 10.9 Å². The lowest BCUT2D eigenvalue weighted by atomic mass is 10.1. The van der Waals surface area contributed by atoms with E-state index in [1.165, 1.54) is 11.5 Å². The van der Waals surface area contributed by atoms with Crippen LogP contribution in [0.5, 0.6) is 0 Å². The average Bonchev–Trinajstić information content (AvgIpc) is 2.38. The van der Waals surface area contributed by atoms with Crippen molar-refractivity contribution in [1.82, 2.24) is 9.55 Å². The van der Waals surface area contributed by atoms with Crippen molar-refractivity contribution in [3.05, 3.63) is 44.6 Å². The van der Waals surface area contributed by atoms with Crippen molar-refractivity contribution in [2.45, 2.75) is 40.2 Å². The zero-order valence-electron chi connectivity index (χ0n) is 12.6. The van der Waals surface area contributed by atoms with Crippen LogP contribution in [0, 0.1) is 5.92 Å². The molecule has 2 aromatic rings. The molecule has 1 aromatic carbocycles. The lowest BCUT2D eigenvalue weighted by Crippen LogP contribution is -2.35. The van der Waals surface area contributed by atoms with Crippen LogP contribution in [-0.2, 0) is 17.8 Å². The molecule has 0 atom stereocenters. The Balaban J connectivity index is 2.54. The third kappa shape index (κ3) is 3.48. The number of rotatable bonds is 5. The normalized spacial score (nSPS) is 11.2. The summed E-state index contributed by atoms with van der Waals surface area (Å²) in [4.78, 5) is 38.4. The second-order valence-corrected chi connectivity index (χ2v) is 5.83. The van der Waals surface area contributed by atoms with Gasteiger partial charge >= 0.3 is 5.69 Å². The molecule has 0 saturated carbocycles. The van der Waals surface area contributed by atoms with Crippen LogP contribution in [0.2, 0.25) is 0 Å². The van der Waals surface area contributed by atoms with Gasteiger partial charge in [-0.3, -0.25) is 14.2 Å². The Kier molecular flexibility index (Phi) is 4.40. The number of carbonyl (C=O) groups excluding carboxylic acids is 1. The van der Waals surface area contributed by atoms with Crippen molar-refractivity contribution in [2.24, 2.45) is 5.92 Å². The summed E-state index contributed by atoms with van der Waals surface area (Å²) >= 11 is 0. The lowest BCUT2D eigenvalue weighted by Gasteiger charge is -2.09. The number of benzene rings is 1. The van der Waals surface area contributed by atoms with E-state index in [9.17, 15) is 14.4 Å². The standard InChI is InChI=1S/C16H20N2O3/c1-10(2)6-7-18-15(20)13-9-12(8-11(3)19)4-5-14(13)17-16(18)21/h4-5,9-10H,6-8H2,1-3H3,(H,17,21). The number of fused-ring (bicyclic) bond motifs is 1. The zero-order chi connectivity index (χ0) is 15.6. The van der Waals surface area contributed by atoms with Crippen molar-refractivity contribution in [3.8, 4) is 0 Å². The third-order valence-electron chi connectivity index (χ3n) is 3.43. The summed E-state index contributed by atoms with van der Waals surface area (Å²) in [6.07, 6.45) is 1.06. The number of aromatic amines is 1. The molecular weight excluding hydrogens is 268 g/mol. The molecule has 5 heteroatoms. The van der Waals surface area contributed by atoms with Crippen molar-refractivity contribution < 1.29 is 4.79 Å². The summed E-state index contributed by atoms with van der Waals surface area (Å²) in [5.41, 5.74) is 0.625. The Morgan fingerprint density at radius 2 is 2.00 bits per heavy atom. The molecule has 0 amide bonds. The first-order chi connectivity index (χ1) is 9.88. The highest BCUT2D eigenvalue weighted by Crippen LogP contribution is 2.10. The molecule has 0 fully saturated rings. The minimum atomic E-state index is -0.382. The summed E-state index contributed by atoms with van der Waals surface area (Å²) in [5.74, 6) is 0.454. The largest absolute Gasteiger partial charge is 0.328 e. The molecular formula is C16H20N2O3. The van der Waals surface area contributed by atoms with Gasteiger partial charge in [0.15, 0.2) is 0 Å². The highest BCUT2D eigenvalue weighted by molar-refractivity contribution is 5.82.